The Hall–Kier alpha value is -1.32. The summed E-state index contributed by atoms with van der Waals surface area (Å²) in [5.41, 5.74) is 8.33. The van der Waals surface area contributed by atoms with Crippen LogP contribution in [0.4, 0.5) is 0 Å². The van der Waals surface area contributed by atoms with E-state index in [0.29, 0.717) is 0 Å². The molecule has 2 aromatic carbocycles. The van der Waals surface area contributed by atoms with Gasteiger partial charge in [-0.05, 0) is 43.0 Å². The van der Waals surface area contributed by atoms with Gasteiger partial charge >= 0.3 is 0 Å². The maximum atomic E-state index is 5.88. The minimum atomic E-state index is 0.0245. The molecular formula is C17H20BrNO. The van der Waals surface area contributed by atoms with Gasteiger partial charge in [0, 0.05) is 10.5 Å². The molecule has 2 N–H and O–H groups in total. The first-order valence-corrected chi connectivity index (χ1v) is 7.68. The van der Waals surface area contributed by atoms with Crippen LogP contribution in [0.15, 0.2) is 53.0 Å². The summed E-state index contributed by atoms with van der Waals surface area (Å²) in [5.74, 6) is 0.884. The Labute approximate surface area is 129 Å². The second kappa shape index (κ2) is 7.46. The van der Waals surface area contributed by atoms with Crippen LogP contribution in [0.2, 0.25) is 0 Å². The smallest absolute Gasteiger partial charge is 0.120 e. The molecule has 0 aliphatic carbocycles. The van der Waals surface area contributed by atoms with E-state index in [1.165, 1.54) is 5.56 Å². The maximum absolute atomic E-state index is 5.88. The van der Waals surface area contributed by atoms with Crippen LogP contribution < -0.4 is 10.5 Å². The zero-order valence-corrected chi connectivity index (χ0v) is 13.3. The van der Waals surface area contributed by atoms with Crippen molar-refractivity contribution in [3.8, 4) is 5.75 Å². The zero-order chi connectivity index (χ0) is 14.4. The third-order valence-electron chi connectivity index (χ3n) is 3.18. The monoisotopic (exact) mass is 333 g/mol. The Morgan fingerprint density at radius 2 is 1.90 bits per heavy atom. The van der Waals surface area contributed by atoms with Gasteiger partial charge in [0.15, 0.2) is 0 Å². The van der Waals surface area contributed by atoms with Crippen LogP contribution in [0.1, 0.15) is 30.5 Å². The summed E-state index contributed by atoms with van der Waals surface area (Å²) in [6.07, 6.45) is 2.05. The van der Waals surface area contributed by atoms with Crippen LogP contribution >= 0.6 is 15.9 Å². The number of ether oxygens (including phenoxy) is 1. The van der Waals surface area contributed by atoms with Crippen LogP contribution in [-0.4, -0.2) is 6.61 Å². The predicted molar refractivity (Wildman–Crippen MR) is 87.0 cm³/mol. The van der Waals surface area contributed by atoms with Crippen molar-refractivity contribution in [2.75, 3.05) is 6.61 Å². The summed E-state index contributed by atoms with van der Waals surface area (Å²) < 4.78 is 6.78. The first-order chi connectivity index (χ1) is 9.66. The van der Waals surface area contributed by atoms with E-state index in [1.54, 1.807) is 0 Å². The third-order valence-corrected chi connectivity index (χ3v) is 3.87. The molecule has 0 saturated carbocycles. The van der Waals surface area contributed by atoms with Gasteiger partial charge in [0.25, 0.3) is 0 Å². The second-order valence-corrected chi connectivity index (χ2v) is 5.76. The number of nitrogens with two attached hydrogens (primary N) is 1. The fourth-order valence-corrected chi connectivity index (χ4v) is 2.80. The van der Waals surface area contributed by atoms with Gasteiger partial charge in [-0.25, -0.2) is 0 Å². The maximum Gasteiger partial charge on any atom is 0.120 e. The van der Waals surface area contributed by atoms with Crippen LogP contribution in [-0.2, 0) is 6.42 Å². The molecule has 0 amide bonds. The first-order valence-electron chi connectivity index (χ1n) is 6.88. The van der Waals surface area contributed by atoms with Crippen molar-refractivity contribution in [2.45, 2.75) is 25.8 Å². The second-order valence-electron chi connectivity index (χ2n) is 4.91. The minimum Gasteiger partial charge on any atom is -0.494 e. The largest absolute Gasteiger partial charge is 0.494 e. The number of hydrogen-bond donors (Lipinski definition) is 1. The van der Waals surface area contributed by atoms with Crippen molar-refractivity contribution in [1.29, 1.82) is 0 Å². The molecule has 0 aromatic heterocycles. The lowest BCUT2D eigenvalue weighted by Gasteiger charge is -2.11. The van der Waals surface area contributed by atoms with Crippen LogP contribution in [0.25, 0.3) is 0 Å². The van der Waals surface area contributed by atoms with Gasteiger partial charge < -0.3 is 10.5 Å². The summed E-state index contributed by atoms with van der Waals surface area (Å²) in [7, 11) is 0. The molecule has 106 valence electrons. The molecule has 2 aromatic rings. The molecule has 0 heterocycles. The Kier molecular flexibility index (Phi) is 5.62. The zero-order valence-electron chi connectivity index (χ0n) is 11.7. The van der Waals surface area contributed by atoms with Crippen molar-refractivity contribution in [2.24, 2.45) is 5.73 Å². The topological polar surface area (TPSA) is 35.2 Å². The highest BCUT2D eigenvalue weighted by molar-refractivity contribution is 9.10. The van der Waals surface area contributed by atoms with Gasteiger partial charge in [0.2, 0.25) is 0 Å². The SMILES string of the molecule is C[C@@H](N)c1ccc(OCCCc2ccccc2)cc1Br. The minimum absolute atomic E-state index is 0.0245. The molecule has 0 spiro atoms. The summed E-state index contributed by atoms with van der Waals surface area (Å²) in [5, 5.41) is 0. The number of benzene rings is 2. The van der Waals surface area contributed by atoms with E-state index in [9.17, 15) is 0 Å². The van der Waals surface area contributed by atoms with Crippen molar-refractivity contribution >= 4 is 15.9 Å². The lowest BCUT2D eigenvalue weighted by atomic mass is 10.1. The molecular weight excluding hydrogens is 314 g/mol. The molecule has 0 fully saturated rings. The van der Waals surface area contributed by atoms with Gasteiger partial charge in [0.05, 0.1) is 6.61 Å². The molecule has 0 bridgehead atoms. The number of aryl methyl sites for hydroxylation is 1. The lowest BCUT2D eigenvalue weighted by molar-refractivity contribution is 0.310. The fraction of sp³-hybridized carbons (Fsp3) is 0.294. The van der Waals surface area contributed by atoms with Crippen molar-refractivity contribution in [1.82, 2.24) is 0 Å². The number of hydrogen-bond acceptors (Lipinski definition) is 2. The highest BCUT2D eigenvalue weighted by Gasteiger charge is 2.06. The van der Waals surface area contributed by atoms with E-state index >= 15 is 0 Å². The van der Waals surface area contributed by atoms with Gasteiger partial charge in [-0.1, -0.05) is 52.3 Å². The summed E-state index contributed by atoms with van der Waals surface area (Å²) >= 11 is 3.53. The first kappa shape index (κ1) is 15.1. The van der Waals surface area contributed by atoms with Gasteiger partial charge in [-0.15, -0.1) is 0 Å². The van der Waals surface area contributed by atoms with E-state index < -0.39 is 0 Å². The van der Waals surface area contributed by atoms with Crippen LogP contribution in [0.5, 0.6) is 5.75 Å². The quantitative estimate of drug-likeness (QED) is 0.791. The van der Waals surface area contributed by atoms with E-state index in [2.05, 4.69) is 40.2 Å². The van der Waals surface area contributed by atoms with Crippen molar-refractivity contribution in [3.63, 3.8) is 0 Å². The summed E-state index contributed by atoms with van der Waals surface area (Å²) in [6.45, 7) is 2.69. The average Bonchev–Trinajstić information content (AvgIpc) is 2.44. The van der Waals surface area contributed by atoms with Crippen molar-refractivity contribution in [3.05, 3.63) is 64.1 Å². The molecule has 2 nitrogen and oxygen atoms in total. The van der Waals surface area contributed by atoms with Crippen molar-refractivity contribution < 1.29 is 4.74 Å². The van der Waals surface area contributed by atoms with Gasteiger partial charge in [-0.3, -0.25) is 0 Å². The molecule has 0 aliphatic rings. The Morgan fingerprint density at radius 3 is 2.55 bits per heavy atom. The summed E-state index contributed by atoms with van der Waals surface area (Å²) in [4.78, 5) is 0. The molecule has 20 heavy (non-hydrogen) atoms. The number of rotatable bonds is 6. The molecule has 0 unspecified atom stereocenters. The standard InChI is InChI=1S/C17H20BrNO/c1-13(19)16-10-9-15(12-17(16)18)20-11-5-8-14-6-3-2-4-7-14/h2-4,6-7,9-10,12-13H,5,8,11,19H2,1H3/t13-/m1/s1. The van der Waals surface area contributed by atoms with E-state index in [-0.39, 0.29) is 6.04 Å². The molecule has 3 heteroatoms. The van der Waals surface area contributed by atoms with Gasteiger partial charge in [-0.2, -0.15) is 0 Å². The Balaban J connectivity index is 1.81. The van der Waals surface area contributed by atoms with E-state index in [4.69, 9.17) is 10.5 Å². The number of halogens is 1. The summed E-state index contributed by atoms with van der Waals surface area (Å²) in [6, 6.07) is 16.5. The third kappa shape index (κ3) is 4.36. The predicted octanol–water partition coefficient (Wildman–Crippen LogP) is 4.48. The van der Waals surface area contributed by atoms with E-state index in [1.807, 2.05) is 31.2 Å². The van der Waals surface area contributed by atoms with Crippen LogP contribution in [0.3, 0.4) is 0 Å². The van der Waals surface area contributed by atoms with Crippen LogP contribution in [0, 0.1) is 0 Å². The molecule has 0 saturated heterocycles. The Bertz CT molecular complexity index is 540. The molecule has 1 atom stereocenters. The lowest BCUT2D eigenvalue weighted by Crippen LogP contribution is -2.06. The van der Waals surface area contributed by atoms with Gasteiger partial charge in [0.1, 0.15) is 5.75 Å². The highest BCUT2D eigenvalue weighted by atomic mass is 79.9. The molecule has 0 aliphatic heterocycles. The molecule has 2 rings (SSSR count). The Morgan fingerprint density at radius 1 is 1.15 bits per heavy atom. The highest BCUT2D eigenvalue weighted by Crippen LogP contribution is 2.26. The fourth-order valence-electron chi connectivity index (χ4n) is 2.08. The van der Waals surface area contributed by atoms with E-state index in [0.717, 1.165) is 35.2 Å². The normalized spacial score (nSPS) is 12.2. The molecule has 0 radical (unpaired) electrons. The average molecular weight is 334 g/mol.